The van der Waals surface area contributed by atoms with Crippen LogP contribution in [-0.4, -0.2) is 31.9 Å². The third-order valence-corrected chi connectivity index (χ3v) is 2.54. The first-order chi connectivity index (χ1) is 8.70. The van der Waals surface area contributed by atoms with Crippen molar-refractivity contribution in [1.82, 2.24) is 19.6 Å². The molecule has 2 N–H and O–H groups in total. The molecule has 0 aliphatic carbocycles. The lowest BCUT2D eigenvalue weighted by atomic mass is 10.3. The van der Waals surface area contributed by atoms with Crippen molar-refractivity contribution in [3.8, 4) is 0 Å². The minimum absolute atomic E-state index is 0.560. The lowest BCUT2D eigenvalue weighted by Crippen LogP contribution is -2.19. The van der Waals surface area contributed by atoms with E-state index in [4.69, 9.17) is 5.73 Å². The van der Waals surface area contributed by atoms with Gasteiger partial charge in [-0.3, -0.25) is 9.48 Å². The van der Waals surface area contributed by atoms with Gasteiger partial charge >= 0.3 is 6.03 Å². The van der Waals surface area contributed by atoms with Crippen LogP contribution in [0.4, 0.5) is 4.79 Å². The molecule has 1 amide bonds. The van der Waals surface area contributed by atoms with E-state index in [1.54, 1.807) is 6.07 Å². The molecule has 7 nitrogen and oxygen atoms in total. The van der Waals surface area contributed by atoms with Crippen molar-refractivity contribution in [3.63, 3.8) is 0 Å². The normalized spacial score (nSPS) is 12.4. The summed E-state index contributed by atoms with van der Waals surface area (Å²) in [5.74, 6) is 0. The van der Waals surface area contributed by atoms with Gasteiger partial charge in [0.15, 0.2) is 6.29 Å². The molecule has 0 radical (unpaired) electrons. The molecular weight excluding hydrogens is 234 g/mol. The van der Waals surface area contributed by atoms with E-state index in [0.29, 0.717) is 5.69 Å². The third kappa shape index (κ3) is 2.62. The zero-order valence-corrected chi connectivity index (χ0v) is 9.69. The summed E-state index contributed by atoms with van der Waals surface area (Å²) in [5.41, 5.74) is 6.58. The van der Waals surface area contributed by atoms with Gasteiger partial charge in [-0.25, -0.2) is 4.79 Å². The van der Waals surface area contributed by atoms with E-state index in [9.17, 15) is 9.59 Å². The fraction of sp³-hybridized carbons (Fsp3) is 0.273. The summed E-state index contributed by atoms with van der Waals surface area (Å²) < 4.78 is 2.96. The van der Waals surface area contributed by atoms with Crippen LogP contribution in [0.5, 0.6) is 0 Å². The average molecular weight is 247 g/mol. The van der Waals surface area contributed by atoms with Crippen molar-refractivity contribution in [2.45, 2.75) is 19.4 Å². The van der Waals surface area contributed by atoms with Crippen molar-refractivity contribution >= 4 is 12.3 Å². The lowest BCUT2D eigenvalue weighted by Gasteiger charge is -1.88. The Balaban J connectivity index is 0.000000138. The number of aromatic nitrogens is 4. The first kappa shape index (κ1) is 12.0. The van der Waals surface area contributed by atoms with Crippen molar-refractivity contribution in [3.05, 3.63) is 35.9 Å². The molecule has 94 valence electrons. The fourth-order valence-corrected chi connectivity index (χ4v) is 1.74. The van der Waals surface area contributed by atoms with E-state index in [1.165, 1.54) is 24.5 Å². The highest BCUT2D eigenvalue weighted by Gasteiger charge is 2.12. The van der Waals surface area contributed by atoms with Gasteiger partial charge in [-0.15, -0.1) is 0 Å². The number of aryl methyl sites for hydroxylation is 2. The summed E-state index contributed by atoms with van der Waals surface area (Å²) in [6, 6.07) is 2.93. The summed E-state index contributed by atoms with van der Waals surface area (Å²) in [6.07, 6.45) is 6.01. The van der Waals surface area contributed by atoms with Gasteiger partial charge in [0.25, 0.3) is 0 Å². The molecule has 0 atom stereocenters. The predicted octanol–water partition coefficient (Wildman–Crippen LogP) is 0.452. The summed E-state index contributed by atoms with van der Waals surface area (Å²) >= 11 is 0. The van der Waals surface area contributed by atoms with Crippen LogP contribution in [0.25, 0.3) is 0 Å². The van der Waals surface area contributed by atoms with Gasteiger partial charge in [-0.05, 0) is 25.0 Å². The number of rotatable bonds is 1. The third-order valence-electron chi connectivity index (χ3n) is 2.54. The molecule has 0 saturated heterocycles. The fourth-order valence-electron chi connectivity index (χ4n) is 1.74. The number of hydrogen-bond acceptors (Lipinski definition) is 4. The quantitative estimate of drug-likeness (QED) is 0.740. The molecule has 0 aromatic carbocycles. The number of fused-ring (bicyclic) bond motifs is 1. The molecule has 2 aromatic heterocycles. The van der Waals surface area contributed by atoms with Crippen molar-refractivity contribution in [2.24, 2.45) is 5.73 Å². The molecule has 0 bridgehead atoms. The van der Waals surface area contributed by atoms with Crippen LogP contribution in [-0.2, 0) is 13.0 Å². The maximum Gasteiger partial charge on any atom is 0.339 e. The zero-order chi connectivity index (χ0) is 13.0. The maximum atomic E-state index is 10.2. The van der Waals surface area contributed by atoms with Crippen LogP contribution in [0.3, 0.4) is 0 Å². The maximum absolute atomic E-state index is 10.2. The van der Waals surface area contributed by atoms with Crippen molar-refractivity contribution in [1.29, 1.82) is 0 Å². The van der Waals surface area contributed by atoms with Crippen LogP contribution in [0.2, 0.25) is 0 Å². The molecule has 1 aliphatic rings. The number of amides is 1. The van der Waals surface area contributed by atoms with Gasteiger partial charge in [0, 0.05) is 24.6 Å². The highest BCUT2D eigenvalue weighted by molar-refractivity contribution is 5.73. The van der Waals surface area contributed by atoms with Crippen LogP contribution < -0.4 is 5.73 Å². The first-order valence-corrected chi connectivity index (χ1v) is 5.52. The minimum Gasteiger partial charge on any atom is -0.350 e. The second-order valence-corrected chi connectivity index (χ2v) is 3.79. The second-order valence-electron chi connectivity index (χ2n) is 3.79. The number of primary amides is 1. The lowest BCUT2D eigenvalue weighted by molar-refractivity contribution is 0.111. The topological polar surface area (TPSA) is 95.8 Å². The Morgan fingerprint density at radius 3 is 2.83 bits per heavy atom. The van der Waals surface area contributed by atoms with E-state index in [1.807, 2.05) is 10.7 Å². The van der Waals surface area contributed by atoms with Gasteiger partial charge in [-0.1, -0.05) is 0 Å². The van der Waals surface area contributed by atoms with Crippen LogP contribution in [0.15, 0.2) is 24.5 Å². The molecule has 18 heavy (non-hydrogen) atoms. The standard InChI is InChI=1S/C7H8N2O.C4H5N3O/c10-5-6-4-7-2-1-3-9(7)8-6;5-4(8)7-3-1-2-6-7/h4-5H,1-3H2;1-3H,(H2,5,8). The Kier molecular flexibility index (Phi) is 3.52. The second kappa shape index (κ2) is 5.26. The summed E-state index contributed by atoms with van der Waals surface area (Å²) in [6.45, 7) is 0.975. The number of carbonyl (C=O) groups excluding carboxylic acids is 2. The number of nitrogens with two attached hydrogens (primary N) is 1. The van der Waals surface area contributed by atoms with E-state index in [-0.39, 0.29) is 0 Å². The van der Waals surface area contributed by atoms with Crippen LogP contribution in [0, 0.1) is 0 Å². The molecule has 2 aromatic rings. The Bertz CT molecular complexity index is 522. The van der Waals surface area contributed by atoms with E-state index < -0.39 is 6.03 Å². The molecule has 3 rings (SSSR count). The zero-order valence-electron chi connectivity index (χ0n) is 9.69. The predicted molar refractivity (Wildman–Crippen MR) is 63.1 cm³/mol. The van der Waals surface area contributed by atoms with Gasteiger partial charge in [0.2, 0.25) is 0 Å². The van der Waals surface area contributed by atoms with Gasteiger partial charge in [0.05, 0.1) is 0 Å². The number of aldehydes is 1. The molecule has 3 heterocycles. The molecule has 0 spiro atoms. The summed E-state index contributed by atoms with van der Waals surface area (Å²) in [7, 11) is 0. The highest BCUT2D eigenvalue weighted by atomic mass is 16.2. The summed E-state index contributed by atoms with van der Waals surface area (Å²) in [4.78, 5) is 20.4. The van der Waals surface area contributed by atoms with Gasteiger partial charge in [0.1, 0.15) is 5.69 Å². The molecule has 0 fully saturated rings. The molecule has 1 aliphatic heterocycles. The highest BCUT2D eigenvalue weighted by Crippen LogP contribution is 2.13. The van der Waals surface area contributed by atoms with E-state index in [0.717, 1.165) is 23.9 Å². The van der Waals surface area contributed by atoms with Crippen LogP contribution in [0.1, 0.15) is 22.6 Å². The van der Waals surface area contributed by atoms with Gasteiger partial charge in [-0.2, -0.15) is 14.9 Å². The Morgan fingerprint density at radius 1 is 1.50 bits per heavy atom. The molecule has 0 unspecified atom stereocenters. The first-order valence-electron chi connectivity index (χ1n) is 5.52. The van der Waals surface area contributed by atoms with E-state index >= 15 is 0 Å². The van der Waals surface area contributed by atoms with Crippen molar-refractivity contribution in [2.75, 3.05) is 0 Å². The molecule has 7 heteroatoms. The van der Waals surface area contributed by atoms with Crippen LogP contribution >= 0.6 is 0 Å². The summed E-state index contributed by atoms with van der Waals surface area (Å²) in [5, 5.41) is 7.62. The SMILES string of the molecule is NC(=O)n1cccn1.O=Cc1cc2n(n1)CCC2. The Morgan fingerprint density at radius 2 is 2.33 bits per heavy atom. The number of carbonyl (C=O) groups is 2. The monoisotopic (exact) mass is 247 g/mol. The Hall–Kier alpha value is -2.44. The number of nitrogens with zero attached hydrogens (tertiary/aromatic N) is 4. The number of hydrogen-bond donors (Lipinski definition) is 1. The molecule has 0 saturated carbocycles. The largest absolute Gasteiger partial charge is 0.350 e. The minimum atomic E-state index is -0.560. The van der Waals surface area contributed by atoms with E-state index in [2.05, 4.69) is 10.2 Å². The van der Waals surface area contributed by atoms with Crippen molar-refractivity contribution < 1.29 is 9.59 Å². The molecular formula is C11H13N5O2. The average Bonchev–Trinajstić information content (AvgIpc) is 3.06. The smallest absolute Gasteiger partial charge is 0.339 e. The van der Waals surface area contributed by atoms with Gasteiger partial charge < -0.3 is 5.73 Å². The Labute approximate surface area is 103 Å².